The highest BCUT2D eigenvalue weighted by atomic mass is 35.5. The molecule has 0 radical (unpaired) electrons. The van der Waals surface area contributed by atoms with Crippen molar-refractivity contribution >= 4 is 24.1 Å². The molecule has 0 spiro atoms. The molecule has 10 heteroatoms. The van der Waals surface area contributed by atoms with Gasteiger partial charge in [0.15, 0.2) is 6.61 Å². The molecule has 160 valence electrons. The van der Waals surface area contributed by atoms with Gasteiger partial charge in [-0.25, -0.2) is 4.98 Å². The first-order chi connectivity index (χ1) is 13.9. The fourth-order valence-electron chi connectivity index (χ4n) is 2.86. The highest BCUT2D eigenvalue weighted by Crippen LogP contribution is 2.18. The second-order valence-electron chi connectivity index (χ2n) is 6.40. The average molecular weight is 434 g/mol. The molecule has 0 saturated heterocycles. The second kappa shape index (κ2) is 9.93. The van der Waals surface area contributed by atoms with Crippen molar-refractivity contribution in [2.75, 3.05) is 19.0 Å². The first-order valence-corrected chi connectivity index (χ1v) is 9.14. The topological polar surface area (TPSA) is 111 Å². The second-order valence-corrected chi connectivity index (χ2v) is 6.40. The molecule has 0 aliphatic rings. The molecule has 0 saturated carbocycles. The molecule has 2 N–H and O–H groups in total. The summed E-state index contributed by atoms with van der Waals surface area (Å²) < 4.78 is 12.0. The van der Waals surface area contributed by atoms with E-state index in [1.165, 1.54) is 4.68 Å². The molecule has 30 heavy (non-hydrogen) atoms. The average Bonchev–Trinajstić information content (AvgIpc) is 3.06. The number of halogens is 1. The fraction of sp³-hybridized carbons (Fsp3) is 0.300. The van der Waals surface area contributed by atoms with Crippen LogP contribution in [0.2, 0.25) is 0 Å². The highest BCUT2D eigenvalue weighted by Gasteiger charge is 2.15. The van der Waals surface area contributed by atoms with Crippen molar-refractivity contribution in [3.63, 3.8) is 0 Å². The Labute approximate surface area is 179 Å². The maximum atomic E-state index is 12.3. The Kier molecular flexibility index (Phi) is 7.60. The van der Waals surface area contributed by atoms with Crippen LogP contribution in [0.3, 0.4) is 0 Å². The molecule has 0 bridgehead atoms. The van der Waals surface area contributed by atoms with Crippen LogP contribution < -0.4 is 20.3 Å². The summed E-state index contributed by atoms with van der Waals surface area (Å²) in [5.41, 5.74) is 1.69. The van der Waals surface area contributed by atoms with Crippen LogP contribution in [0.5, 0.6) is 11.5 Å². The molecule has 2 heterocycles. The summed E-state index contributed by atoms with van der Waals surface area (Å²) >= 11 is 0. The smallest absolute Gasteiger partial charge is 0.263 e. The van der Waals surface area contributed by atoms with Gasteiger partial charge in [0, 0.05) is 17.3 Å². The zero-order valence-electron chi connectivity index (χ0n) is 17.2. The minimum atomic E-state index is -0.369. The summed E-state index contributed by atoms with van der Waals surface area (Å²) in [5, 5.41) is 7.06. The minimum Gasteiger partial charge on any atom is -0.497 e. The predicted octanol–water partition coefficient (Wildman–Crippen LogP) is 2.58. The van der Waals surface area contributed by atoms with Crippen molar-refractivity contribution in [2.24, 2.45) is 0 Å². The number of nitrogens with one attached hydrogen (secondary N) is 2. The lowest BCUT2D eigenvalue weighted by Gasteiger charge is -2.10. The zero-order chi connectivity index (χ0) is 21.0. The number of H-pyrrole nitrogens is 1. The number of amides is 1. The van der Waals surface area contributed by atoms with Crippen LogP contribution in [0.15, 0.2) is 35.1 Å². The van der Waals surface area contributed by atoms with Crippen molar-refractivity contribution in [2.45, 2.75) is 27.2 Å². The lowest BCUT2D eigenvalue weighted by atomic mass is 10.2. The number of rotatable bonds is 7. The third-order valence-electron chi connectivity index (χ3n) is 4.29. The number of aromatic amines is 1. The molecule has 0 aliphatic carbocycles. The Morgan fingerprint density at radius 1 is 1.20 bits per heavy atom. The molecule has 0 aliphatic heterocycles. The van der Waals surface area contributed by atoms with E-state index in [-0.39, 0.29) is 36.4 Å². The standard InChI is InChI=1S/C20H23N5O4.ClH/c1-5-16-13(3)21-20(23-19(16)27)25-17(10-12(2)24-25)22-18(26)11-29-15-8-6-14(28-4)7-9-15;/h6-10H,5,11H2,1-4H3,(H,22,26)(H,21,23,27);1H. The van der Waals surface area contributed by atoms with Gasteiger partial charge < -0.3 is 14.8 Å². The van der Waals surface area contributed by atoms with E-state index in [0.29, 0.717) is 40.7 Å². The summed E-state index contributed by atoms with van der Waals surface area (Å²) in [5.74, 6) is 1.50. The van der Waals surface area contributed by atoms with Crippen molar-refractivity contribution in [1.29, 1.82) is 0 Å². The number of hydrogen-bond donors (Lipinski definition) is 2. The maximum absolute atomic E-state index is 12.3. The quantitative estimate of drug-likeness (QED) is 0.592. The summed E-state index contributed by atoms with van der Waals surface area (Å²) in [6.45, 7) is 5.26. The molecular formula is C20H24ClN5O4. The number of aromatic nitrogens is 4. The largest absolute Gasteiger partial charge is 0.497 e. The SMILES string of the molecule is CCc1c(C)nc(-n2nc(C)cc2NC(=O)COc2ccc(OC)cc2)[nH]c1=O.Cl. The van der Waals surface area contributed by atoms with Crippen LogP contribution in [0, 0.1) is 13.8 Å². The van der Waals surface area contributed by atoms with Crippen molar-refractivity contribution in [1.82, 2.24) is 19.7 Å². The van der Waals surface area contributed by atoms with Gasteiger partial charge in [0.25, 0.3) is 11.5 Å². The summed E-state index contributed by atoms with van der Waals surface area (Å²) in [7, 11) is 1.58. The van der Waals surface area contributed by atoms with E-state index in [1.54, 1.807) is 51.3 Å². The molecule has 9 nitrogen and oxygen atoms in total. The van der Waals surface area contributed by atoms with Gasteiger partial charge >= 0.3 is 0 Å². The Hall–Kier alpha value is -3.33. The van der Waals surface area contributed by atoms with E-state index in [4.69, 9.17) is 9.47 Å². The van der Waals surface area contributed by atoms with E-state index < -0.39 is 0 Å². The van der Waals surface area contributed by atoms with Crippen molar-refractivity contribution < 1.29 is 14.3 Å². The molecule has 1 aromatic carbocycles. The Bertz CT molecular complexity index is 1080. The number of aryl methyl sites for hydroxylation is 2. The van der Waals surface area contributed by atoms with Crippen LogP contribution in [0.25, 0.3) is 5.95 Å². The number of carbonyl (C=O) groups excluding carboxylic acids is 1. The minimum absolute atomic E-state index is 0. The third-order valence-corrected chi connectivity index (χ3v) is 4.29. The van der Waals surface area contributed by atoms with E-state index in [9.17, 15) is 9.59 Å². The van der Waals surface area contributed by atoms with Gasteiger partial charge in [-0.05, 0) is 44.5 Å². The van der Waals surface area contributed by atoms with Gasteiger partial charge in [-0.2, -0.15) is 9.78 Å². The summed E-state index contributed by atoms with van der Waals surface area (Å²) in [6.07, 6.45) is 0.582. The third kappa shape index (κ3) is 5.18. The summed E-state index contributed by atoms with van der Waals surface area (Å²) in [6, 6.07) is 8.61. The Morgan fingerprint density at radius 3 is 2.47 bits per heavy atom. The lowest BCUT2D eigenvalue weighted by molar-refractivity contribution is -0.118. The highest BCUT2D eigenvalue weighted by molar-refractivity contribution is 5.91. The van der Waals surface area contributed by atoms with Gasteiger partial charge in [-0.1, -0.05) is 6.92 Å². The molecule has 0 fully saturated rings. The van der Waals surface area contributed by atoms with Crippen LogP contribution in [0.4, 0.5) is 5.82 Å². The molecule has 3 aromatic rings. The van der Waals surface area contributed by atoms with Crippen molar-refractivity contribution in [3.8, 4) is 17.4 Å². The molecule has 3 rings (SSSR count). The molecule has 0 unspecified atom stereocenters. The van der Waals surface area contributed by atoms with E-state index in [0.717, 1.165) is 0 Å². The number of hydrogen-bond acceptors (Lipinski definition) is 6. The lowest BCUT2D eigenvalue weighted by Crippen LogP contribution is -2.24. The fourth-order valence-corrected chi connectivity index (χ4v) is 2.86. The number of carbonyl (C=O) groups is 1. The normalized spacial score (nSPS) is 10.3. The number of ether oxygens (including phenoxy) is 2. The van der Waals surface area contributed by atoms with Gasteiger partial charge in [0.05, 0.1) is 12.8 Å². The van der Waals surface area contributed by atoms with E-state index in [1.807, 2.05) is 6.92 Å². The Balaban J connectivity index is 0.00000320. The van der Waals surface area contributed by atoms with E-state index >= 15 is 0 Å². The first kappa shape index (κ1) is 23.0. The number of methoxy groups -OCH3 is 1. The zero-order valence-corrected chi connectivity index (χ0v) is 18.0. The first-order valence-electron chi connectivity index (χ1n) is 9.14. The molecule has 2 aromatic heterocycles. The predicted molar refractivity (Wildman–Crippen MR) is 115 cm³/mol. The maximum Gasteiger partial charge on any atom is 0.263 e. The van der Waals surface area contributed by atoms with Gasteiger partial charge in [-0.15, -0.1) is 12.4 Å². The Morgan fingerprint density at radius 2 is 1.87 bits per heavy atom. The molecular weight excluding hydrogens is 410 g/mol. The van der Waals surface area contributed by atoms with Gasteiger partial charge in [0.2, 0.25) is 5.95 Å². The number of benzene rings is 1. The molecule has 0 atom stereocenters. The van der Waals surface area contributed by atoms with Crippen LogP contribution in [-0.4, -0.2) is 39.4 Å². The monoisotopic (exact) mass is 433 g/mol. The summed E-state index contributed by atoms with van der Waals surface area (Å²) in [4.78, 5) is 31.7. The van der Waals surface area contributed by atoms with Crippen LogP contribution >= 0.6 is 12.4 Å². The van der Waals surface area contributed by atoms with Crippen LogP contribution in [-0.2, 0) is 11.2 Å². The van der Waals surface area contributed by atoms with E-state index in [2.05, 4.69) is 20.4 Å². The molecule has 1 amide bonds. The number of nitrogens with zero attached hydrogens (tertiary/aromatic N) is 3. The van der Waals surface area contributed by atoms with Crippen molar-refractivity contribution in [3.05, 3.63) is 57.6 Å². The van der Waals surface area contributed by atoms with Gasteiger partial charge in [0.1, 0.15) is 17.3 Å². The van der Waals surface area contributed by atoms with Crippen LogP contribution in [0.1, 0.15) is 23.9 Å². The van der Waals surface area contributed by atoms with Gasteiger partial charge in [-0.3, -0.25) is 14.6 Å². The number of anilines is 1.